The highest BCUT2D eigenvalue weighted by atomic mass is 16.5. The number of methoxy groups -OCH3 is 1. The molecule has 0 bridgehead atoms. The van der Waals surface area contributed by atoms with Crippen molar-refractivity contribution in [3.8, 4) is 33.8 Å². The van der Waals surface area contributed by atoms with Gasteiger partial charge in [-0.05, 0) is 61.6 Å². The van der Waals surface area contributed by atoms with Crippen molar-refractivity contribution >= 4 is 29.3 Å². The van der Waals surface area contributed by atoms with Crippen LogP contribution in [0, 0.1) is 0 Å². The quantitative estimate of drug-likeness (QED) is 0.0588. The van der Waals surface area contributed by atoms with E-state index in [1.807, 2.05) is 63.9 Å². The number of nitrogens with one attached hydrogen (secondary N) is 2. The monoisotopic (exact) mass is 941 g/mol. The van der Waals surface area contributed by atoms with Crippen LogP contribution in [0.1, 0.15) is 71.1 Å². The Labute approximate surface area is 407 Å². The summed E-state index contributed by atoms with van der Waals surface area (Å²) in [5.74, 6) is 1.11. The average molecular weight is 941 g/mol. The van der Waals surface area contributed by atoms with E-state index in [0.717, 1.165) is 132 Å². The minimum atomic E-state index is -0.0821. The van der Waals surface area contributed by atoms with E-state index in [0.29, 0.717) is 37.2 Å². The first-order valence-electron chi connectivity index (χ1n) is 24.1. The van der Waals surface area contributed by atoms with Crippen LogP contribution >= 0.6 is 0 Å². The summed E-state index contributed by atoms with van der Waals surface area (Å²) in [6.07, 6.45) is 15.9. The van der Waals surface area contributed by atoms with Gasteiger partial charge in [0.1, 0.15) is 5.84 Å². The van der Waals surface area contributed by atoms with E-state index >= 15 is 0 Å². The highest BCUT2D eigenvalue weighted by Gasteiger charge is 2.34. The van der Waals surface area contributed by atoms with E-state index < -0.39 is 0 Å². The molecular formula is C52H60N16O2. The van der Waals surface area contributed by atoms with Crippen molar-refractivity contribution in [2.45, 2.75) is 57.4 Å². The van der Waals surface area contributed by atoms with E-state index in [1.54, 1.807) is 26.3 Å². The summed E-state index contributed by atoms with van der Waals surface area (Å²) in [7, 11) is 7.80. The Morgan fingerprint density at radius 3 is 2.59 bits per heavy atom. The van der Waals surface area contributed by atoms with E-state index in [-0.39, 0.29) is 17.9 Å². The SMILES string of the molecule is COCCN(C)CCN/C=C\C(N)=N/c1ncc2c(n1)-c1c(nn(C)c1-c1cccc(C3Cc4nn(C)c(Cc5ccccc5)c4-c4nc(Nc5cnn(C6CCN(C(C)=O)CC6)c5)ncc43)c1)CC2. The number of likely N-dealkylation sites (tertiary alicyclic amines) is 1. The largest absolute Gasteiger partial charge is 0.389 e. The fraction of sp³-hybridized carbons (Fsp3) is 0.365. The average Bonchev–Trinajstić information content (AvgIpc) is 4.07. The Morgan fingerprint density at radius 1 is 0.943 bits per heavy atom. The van der Waals surface area contributed by atoms with Crippen molar-refractivity contribution in [2.24, 2.45) is 24.8 Å². The molecule has 1 unspecified atom stereocenters. The first kappa shape index (κ1) is 46.2. The molecule has 0 radical (unpaired) electrons. The smallest absolute Gasteiger partial charge is 0.251 e. The summed E-state index contributed by atoms with van der Waals surface area (Å²) in [6, 6.07) is 19.4. The zero-order valence-electron chi connectivity index (χ0n) is 40.5. The molecule has 3 aliphatic rings. The van der Waals surface area contributed by atoms with Crippen LogP contribution in [0.2, 0.25) is 0 Å². The number of anilines is 2. The second-order valence-corrected chi connectivity index (χ2v) is 18.5. The summed E-state index contributed by atoms with van der Waals surface area (Å²) < 4.78 is 11.2. The number of ether oxygens (including phenoxy) is 1. The Balaban J connectivity index is 0.949. The van der Waals surface area contributed by atoms with Crippen LogP contribution in [-0.4, -0.2) is 124 Å². The molecule has 0 saturated carbocycles. The molecule has 70 heavy (non-hydrogen) atoms. The number of carbonyl (C=O) groups excluding carboxylic acids is 1. The number of nitrogens with two attached hydrogens (primary N) is 1. The minimum absolute atomic E-state index is 0.0821. The molecule has 18 heteroatoms. The Hall–Kier alpha value is -7.57. The number of carbonyl (C=O) groups is 1. The minimum Gasteiger partial charge on any atom is -0.389 e. The zero-order valence-corrected chi connectivity index (χ0v) is 40.5. The summed E-state index contributed by atoms with van der Waals surface area (Å²) in [4.78, 5) is 40.5. The van der Waals surface area contributed by atoms with Crippen molar-refractivity contribution in [2.75, 3.05) is 58.8 Å². The van der Waals surface area contributed by atoms with Gasteiger partial charge in [0.2, 0.25) is 11.9 Å². The number of rotatable bonds is 16. The number of fused-ring (bicyclic) bond motifs is 6. The van der Waals surface area contributed by atoms with E-state index in [4.69, 9.17) is 40.7 Å². The van der Waals surface area contributed by atoms with Gasteiger partial charge in [0.05, 0.1) is 58.7 Å². The standard InChI is InChI=1S/C52H60N16O2/c1-33(69)67-21-17-39(18-22-67)68-32-38(30-57-68)58-51-56-31-41-40(28-43-46(49(41)61-51)44(65(3)63-43)26-34-10-7-6-8-11-34)35-12-9-13-36(27-35)50-47-42(62-66(50)4)15-14-37-29-55-52(60-48(37)47)59-45(53)16-19-54-20-23-64(2)24-25-70-5/h6-13,16,19,27,29-32,39-40,54H,14-15,17-18,20-26,28H2,1-5H3,(H,56,58,61)(H2,53,55,59,60)/b19-16-. The molecule has 0 spiro atoms. The van der Waals surface area contributed by atoms with Crippen LogP contribution in [0.5, 0.6) is 0 Å². The van der Waals surface area contributed by atoms with Crippen LogP contribution in [0.25, 0.3) is 33.8 Å². The molecule has 5 aromatic heterocycles. The lowest BCUT2D eigenvalue weighted by Crippen LogP contribution is -2.37. The lowest BCUT2D eigenvalue weighted by Gasteiger charge is -2.31. The van der Waals surface area contributed by atoms with Gasteiger partial charge in [0, 0.05) is 127 Å². The first-order valence-corrected chi connectivity index (χ1v) is 24.1. The van der Waals surface area contributed by atoms with E-state index in [1.165, 1.54) is 5.56 Å². The second-order valence-electron chi connectivity index (χ2n) is 18.5. The van der Waals surface area contributed by atoms with Crippen molar-refractivity contribution in [1.82, 2.24) is 64.4 Å². The molecule has 1 fully saturated rings. The summed E-state index contributed by atoms with van der Waals surface area (Å²) in [5.41, 5.74) is 20.4. The number of hydrogen-bond donors (Lipinski definition) is 3. The maximum absolute atomic E-state index is 12.0. The zero-order chi connectivity index (χ0) is 48.3. The van der Waals surface area contributed by atoms with E-state index in [9.17, 15) is 4.79 Å². The van der Waals surface area contributed by atoms with Gasteiger partial charge < -0.3 is 30.9 Å². The van der Waals surface area contributed by atoms with Crippen LogP contribution in [-0.2, 0) is 49.3 Å². The van der Waals surface area contributed by atoms with Gasteiger partial charge in [-0.3, -0.25) is 18.8 Å². The number of hydrogen-bond acceptors (Lipinski definition) is 13. The number of aryl methyl sites for hydroxylation is 4. The molecule has 1 aliphatic heterocycles. The molecule has 6 heterocycles. The first-order chi connectivity index (χ1) is 34.1. The topological polar surface area (TPSA) is 200 Å². The number of benzene rings is 2. The highest BCUT2D eigenvalue weighted by molar-refractivity contribution is 5.93. The maximum Gasteiger partial charge on any atom is 0.251 e. The third-order valence-corrected chi connectivity index (χ3v) is 13.7. The lowest BCUT2D eigenvalue weighted by molar-refractivity contribution is -0.130. The van der Waals surface area contributed by atoms with E-state index in [2.05, 4.69) is 81.1 Å². The molecule has 360 valence electrons. The lowest BCUT2D eigenvalue weighted by atomic mass is 9.79. The predicted molar refractivity (Wildman–Crippen MR) is 270 cm³/mol. The molecule has 10 rings (SSSR count). The molecule has 4 N–H and O–H groups in total. The summed E-state index contributed by atoms with van der Waals surface area (Å²) in [6.45, 7) is 6.26. The van der Waals surface area contributed by atoms with Gasteiger partial charge in [0.25, 0.3) is 5.95 Å². The van der Waals surface area contributed by atoms with Gasteiger partial charge in [0.15, 0.2) is 0 Å². The van der Waals surface area contributed by atoms with Gasteiger partial charge >= 0.3 is 0 Å². The molecular weight excluding hydrogens is 881 g/mol. The number of amidine groups is 1. The van der Waals surface area contributed by atoms with Crippen LogP contribution in [0.4, 0.5) is 17.6 Å². The third-order valence-electron chi connectivity index (χ3n) is 13.7. The summed E-state index contributed by atoms with van der Waals surface area (Å²) >= 11 is 0. The number of aromatic nitrogens is 10. The number of aliphatic imine (C=N–C) groups is 1. The van der Waals surface area contributed by atoms with Crippen molar-refractivity contribution in [3.05, 3.63) is 131 Å². The van der Waals surface area contributed by atoms with Crippen molar-refractivity contribution in [3.63, 3.8) is 0 Å². The fourth-order valence-corrected chi connectivity index (χ4v) is 10.0. The van der Waals surface area contributed by atoms with Gasteiger partial charge in [-0.15, -0.1) is 0 Å². The van der Waals surface area contributed by atoms with Crippen molar-refractivity contribution in [1.29, 1.82) is 0 Å². The fourth-order valence-electron chi connectivity index (χ4n) is 10.0. The second kappa shape index (κ2) is 20.2. The molecule has 1 saturated heterocycles. The molecule has 1 amide bonds. The normalized spacial score (nSPS) is 15.8. The van der Waals surface area contributed by atoms with Gasteiger partial charge in [-0.25, -0.2) is 19.9 Å². The Kier molecular flexibility index (Phi) is 13.3. The predicted octanol–water partition coefficient (Wildman–Crippen LogP) is 5.91. The molecule has 18 nitrogen and oxygen atoms in total. The summed E-state index contributed by atoms with van der Waals surface area (Å²) in [5, 5.41) is 21.7. The number of piperidine rings is 1. The Bertz CT molecular complexity index is 3070. The number of amides is 1. The Morgan fingerprint density at radius 2 is 1.77 bits per heavy atom. The van der Waals surface area contributed by atoms with Gasteiger partial charge in [-0.2, -0.15) is 20.3 Å². The van der Waals surface area contributed by atoms with Crippen LogP contribution in [0.3, 0.4) is 0 Å². The number of likely N-dealkylation sites (N-methyl/N-ethyl adjacent to an activating group) is 1. The van der Waals surface area contributed by atoms with Gasteiger partial charge in [-0.1, -0.05) is 48.5 Å². The molecule has 2 aliphatic carbocycles. The van der Waals surface area contributed by atoms with Crippen molar-refractivity contribution < 1.29 is 9.53 Å². The van der Waals surface area contributed by atoms with Crippen LogP contribution in [0.15, 0.2) is 96.7 Å². The third kappa shape index (κ3) is 9.69. The molecule has 1 atom stereocenters. The highest BCUT2D eigenvalue weighted by Crippen LogP contribution is 2.46. The molecule has 7 aromatic rings. The maximum atomic E-state index is 12.0. The number of nitrogens with zero attached hydrogens (tertiary/aromatic N) is 13. The molecule has 2 aromatic carbocycles. The van der Waals surface area contributed by atoms with Crippen LogP contribution < -0.4 is 16.4 Å².